The Balaban J connectivity index is 2.34. The van der Waals surface area contributed by atoms with Crippen LogP contribution in [0.2, 0.25) is 0 Å². The average molecular weight is 183 g/mol. The van der Waals surface area contributed by atoms with Crippen molar-refractivity contribution in [3.05, 3.63) is 12.2 Å². The Morgan fingerprint density at radius 2 is 2.25 bits per heavy atom. The van der Waals surface area contributed by atoms with E-state index in [4.69, 9.17) is 0 Å². The molecule has 2 nitrogen and oxygen atoms in total. The van der Waals surface area contributed by atoms with Gasteiger partial charge in [-0.1, -0.05) is 12.2 Å². The van der Waals surface area contributed by atoms with Crippen molar-refractivity contribution in [2.24, 2.45) is 10.9 Å². The van der Waals surface area contributed by atoms with Gasteiger partial charge in [-0.25, -0.2) is 9.79 Å². The molecule has 0 spiro atoms. The summed E-state index contributed by atoms with van der Waals surface area (Å²) in [6.07, 6.45) is 3.93. The second kappa shape index (κ2) is 5.18. The molecule has 0 saturated carbocycles. The Labute approximate surface area is 77.1 Å². The lowest BCUT2D eigenvalue weighted by atomic mass is 9.94. The molecule has 1 saturated heterocycles. The third-order valence-electron chi connectivity index (χ3n) is 2.15. The maximum Gasteiger partial charge on any atom is 0.235 e. The summed E-state index contributed by atoms with van der Waals surface area (Å²) < 4.78 is 0. The Morgan fingerprint density at radius 1 is 1.58 bits per heavy atom. The summed E-state index contributed by atoms with van der Waals surface area (Å²) in [5.74, 6) is 3.02. The Hall–Kier alpha value is -0.530. The number of carbonyl (C=O) groups excluding carboxylic acids is 1. The first-order chi connectivity index (χ1) is 5.84. The lowest BCUT2D eigenvalue weighted by Gasteiger charge is -2.22. The van der Waals surface area contributed by atoms with Crippen LogP contribution in [0.15, 0.2) is 17.1 Å². The molecule has 66 valence electrons. The van der Waals surface area contributed by atoms with E-state index >= 15 is 0 Å². The van der Waals surface area contributed by atoms with Crippen molar-refractivity contribution in [1.29, 1.82) is 0 Å². The Bertz CT molecular complexity index is 203. The number of thioether (sulfide) groups is 1. The molecular formula is C9H13NOS. The Morgan fingerprint density at radius 3 is 2.83 bits per heavy atom. The fraction of sp³-hybridized carbons (Fsp3) is 0.667. The van der Waals surface area contributed by atoms with Crippen molar-refractivity contribution in [2.75, 3.05) is 18.1 Å². The molecule has 0 radical (unpaired) electrons. The van der Waals surface area contributed by atoms with Crippen LogP contribution in [0.3, 0.4) is 0 Å². The third-order valence-corrected chi connectivity index (χ3v) is 3.19. The minimum Gasteiger partial charge on any atom is -0.211 e. The van der Waals surface area contributed by atoms with Crippen LogP contribution >= 0.6 is 11.8 Å². The minimum absolute atomic E-state index is 0.471. The summed E-state index contributed by atoms with van der Waals surface area (Å²) in [7, 11) is 0. The highest BCUT2D eigenvalue weighted by molar-refractivity contribution is 7.99. The molecule has 0 aliphatic carbocycles. The molecule has 0 aromatic carbocycles. The van der Waals surface area contributed by atoms with Crippen molar-refractivity contribution < 1.29 is 4.79 Å². The first-order valence-electron chi connectivity index (χ1n) is 4.13. The van der Waals surface area contributed by atoms with Gasteiger partial charge in [-0.15, -0.1) is 0 Å². The van der Waals surface area contributed by atoms with Crippen LogP contribution in [0.25, 0.3) is 0 Å². The predicted octanol–water partition coefficient (Wildman–Crippen LogP) is 2.02. The molecule has 1 fully saturated rings. The zero-order valence-electron chi connectivity index (χ0n) is 7.08. The molecule has 0 bridgehead atoms. The highest BCUT2D eigenvalue weighted by atomic mass is 32.2. The van der Waals surface area contributed by atoms with E-state index < -0.39 is 0 Å². The lowest BCUT2D eigenvalue weighted by Crippen LogP contribution is -2.13. The zero-order valence-corrected chi connectivity index (χ0v) is 7.90. The quantitative estimate of drug-likeness (QED) is 0.380. The van der Waals surface area contributed by atoms with Gasteiger partial charge < -0.3 is 0 Å². The molecule has 0 unspecified atom stereocenters. The van der Waals surface area contributed by atoms with E-state index in [0.717, 1.165) is 5.57 Å². The van der Waals surface area contributed by atoms with Gasteiger partial charge in [0.25, 0.3) is 0 Å². The molecule has 0 N–H and O–H groups in total. The normalized spacial score (nSPS) is 18.3. The summed E-state index contributed by atoms with van der Waals surface area (Å²) in [4.78, 5) is 13.4. The van der Waals surface area contributed by atoms with E-state index in [-0.39, 0.29) is 0 Å². The lowest BCUT2D eigenvalue weighted by molar-refractivity contribution is 0.552. The first-order valence-corrected chi connectivity index (χ1v) is 5.29. The van der Waals surface area contributed by atoms with Gasteiger partial charge in [0.15, 0.2) is 0 Å². The van der Waals surface area contributed by atoms with Gasteiger partial charge >= 0.3 is 0 Å². The van der Waals surface area contributed by atoms with Crippen LogP contribution in [0.1, 0.15) is 12.8 Å². The molecule has 0 aromatic rings. The summed E-state index contributed by atoms with van der Waals surface area (Å²) in [5.41, 5.74) is 1.10. The first kappa shape index (κ1) is 9.56. The second-order valence-corrected chi connectivity index (χ2v) is 4.18. The van der Waals surface area contributed by atoms with E-state index in [1.165, 1.54) is 24.3 Å². The number of hydrogen-bond donors (Lipinski definition) is 0. The largest absolute Gasteiger partial charge is 0.235 e. The number of aliphatic imine (C=N–C) groups is 1. The van der Waals surface area contributed by atoms with E-state index in [1.807, 2.05) is 11.8 Å². The average Bonchev–Trinajstić information content (AvgIpc) is 2.15. The standard InChI is InChI=1S/C9H13NOS/c1-8(6-10-7-11)9-2-4-12-5-3-9/h9H,1-6H2. The zero-order chi connectivity index (χ0) is 8.81. The number of hydrogen-bond acceptors (Lipinski definition) is 3. The number of isocyanates is 1. The van der Waals surface area contributed by atoms with E-state index in [0.29, 0.717) is 12.5 Å². The van der Waals surface area contributed by atoms with Gasteiger partial charge in [-0.05, 0) is 30.3 Å². The third kappa shape index (κ3) is 2.84. The van der Waals surface area contributed by atoms with Gasteiger partial charge in [-0.3, -0.25) is 0 Å². The van der Waals surface area contributed by atoms with Crippen LogP contribution in [-0.4, -0.2) is 24.1 Å². The molecule has 0 amide bonds. The van der Waals surface area contributed by atoms with Gasteiger partial charge in [0.2, 0.25) is 6.08 Å². The molecule has 1 heterocycles. The predicted molar refractivity (Wildman–Crippen MR) is 52.2 cm³/mol. The summed E-state index contributed by atoms with van der Waals surface area (Å²) in [6.45, 7) is 4.41. The molecule has 1 aliphatic rings. The summed E-state index contributed by atoms with van der Waals surface area (Å²) in [5, 5.41) is 0. The van der Waals surface area contributed by atoms with Gasteiger partial charge in [-0.2, -0.15) is 11.8 Å². The van der Waals surface area contributed by atoms with Crippen LogP contribution in [-0.2, 0) is 4.79 Å². The van der Waals surface area contributed by atoms with Gasteiger partial charge in [0, 0.05) is 0 Å². The van der Waals surface area contributed by atoms with E-state index in [1.54, 1.807) is 6.08 Å². The number of rotatable bonds is 3. The van der Waals surface area contributed by atoms with Crippen LogP contribution < -0.4 is 0 Å². The number of nitrogens with zero attached hydrogens (tertiary/aromatic N) is 1. The molecular weight excluding hydrogens is 170 g/mol. The van der Waals surface area contributed by atoms with Crippen LogP contribution in [0, 0.1) is 5.92 Å². The van der Waals surface area contributed by atoms with E-state index in [9.17, 15) is 4.79 Å². The summed E-state index contributed by atoms with van der Waals surface area (Å²) >= 11 is 1.99. The SMILES string of the molecule is C=C(CN=C=O)C1CCSCC1. The molecule has 0 atom stereocenters. The van der Waals surface area contributed by atoms with E-state index in [2.05, 4.69) is 11.6 Å². The van der Waals surface area contributed by atoms with Crippen molar-refractivity contribution in [1.82, 2.24) is 0 Å². The van der Waals surface area contributed by atoms with Crippen molar-refractivity contribution in [3.63, 3.8) is 0 Å². The van der Waals surface area contributed by atoms with Crippen molar-refractivity contribution >= 4 is 17.8 Å². The van der Waals surface area contributed by atoms with Gasteiger partial charge in [0.05, 0.1) is 6.54 Å². The molecule has 3 heteroatoms. The summed E-state index contributed by atoms with van der Waals surface area (Å²) in [6, 6.07) is 0. The second-order valence-electron chi connectivity index (χ2n) is 2.95. The fourth-order valence-corrected chi connectivity index (χ4v) is 2.48. The van der Waals surface area contributed by atoms with Gasteiger partial charge in [0.1, 0.15) is 0 Å². The Kier molecular flexibility index (Phi) is 4.12. The van der Waals surface area contributed by atoms with Crippen molar-refractivity contribution in [2.45, 2.75) is 12.8 Å². The molecule has 1 aliphatic heterocycles. The maximum absolute atomic E-state index is 9.86. The molecule has 0 aromatic heterocycles. The van der Waals surface area contributed by atoms with Crippen LogP contribution in [0.5, 0.6) is 0 Å². The molecule has 1 rings (SSSR count). The highest BCUT2D eigenvalue weighted by Crippen LogP contribution is 2.27. The van der Waals surface area contributed by atoms with Crippen LogP contribution in [0.4, 0.5) is 0 Å². The fourth-order valence-electron chi connectivity index (χ4n) is 1.37. The maximum atomic E-state index is 9.86. The smallest absolute Gasteiger partial charge is 0.211 e. The molecule has 12 heavy (non-hydrogen) atoms. The van der Waals surface area contributed by atoms with Crippen molar-refractivity contribution in [3.8, 4) is 0 Å². The monoisotopic (exact) mass is 183 g/mol. The topological polar surface area (TPSA) is 29.4 Å². The highest BCUT2D eigenvalue weighted by Gasteiger charge is 2.15. The minimum atomic E-state index is 0.471.